The maximum Gasteiger partial charge on any atom is 0.112 e. The SMILES string of the molecule is CCn1c(CC(C)(O)CN)nc2ccc(Cl)cc21. The number of nitrogens with two attached hydrogens (primary N) is 1. The Bertz CT molecular complexity index is 563. The molecule has 0 saturated heterocycles. The van der Waals surface area contributed by atoms with Gasteiger partial charge in [-0.3, -0.25) is 0 Å². The maximum atomic E-state index is 10.1. The van der Waals surface area contributed by atoms with E-state index in [1.165, 1.54) is 0 Å². The van der Waals surface area contributed by atoms with Gasteiger partial charge in [0.15, 0.2) is 0 Å². The number of aryl methyl sites for hydroxylation is 1. The van der Waals surface area contributed by atoms with Crippen LogP contribution in [-0.4, -0.2) is 26.8 Å². The highest BCUT2D eigenvalue weighted by molar-refractivity contribution is 6.31. The number of rotatable bonds is 4. The van der Waals surface area contributed by atoms with E-state index in [-0.39, 0.29) is 6.54 Å². The number of aromatic nitrogens is 2. The largest absolute Gasteiger partial charge is 0.388 e. The summed E-state index contributed by atoms with van der Waals surface area (Å²) < 4.78 is 2.06. The van der Waals surface area contributed by atoms with Crippen LogP contribution in [0.4, 0.5) is 0 Å². The first kappa shape index (κ1) is 13.3. The molecule has 4 nitrogen and oxygen atoms in total. The van der Waals surface area contributed by atoms with Gasteiger partial charge in [-0.15, -0.1) is 0 Å². The average Bonchev–Trinajstić information content (AvgIpc) is 2.64. The Balaban J connectivity index is 2.51. The average molecular weight is 268 g/mol. The fourth-order valence-electron chi connectivity index (χ4n) is 2.05. The summed E-state index contributed by atoms with van der Waals surface area (Å²) in [5, 5.41) is 10.8. The molecule has 1 heterocycles. The van der Waals surface area contributed by atoms with E-state index in [1.54, 1.807) is 6.92 Å². The second-order valence-electron chi connectivity index (χ2n) is 4.78. The molecular formula is C13H18ClN3O. The van der Waals surface area contributed by atoms with Crippen molar-refractivity contribution in [3.63, 3.8) is 0 Å². The lowest BCUT2D eigenvalue weighted by Crippen LogP contribution is -2.37. The molecule has 0 bridgehead atoms. The summed E-state index contributed by atoms with van der Waals surface area (Å²) in [7, 11) is 0. The molecule has 0 radical (unpaired) electrons. The minimum Gasteiger partial charge on any atom is -0.388 e. The number of nitrogens with zero attached hydrogens (tertiary/aromatic N) is 2. The molecule has 0 aliphatic rings. The van der Waals surface area contributed by atoms with E-state index in [0.717, 1.165) is 23.4 Å². The Hall–Kier alpha value is -1.10. The first-order valence-electron chi connectivity index (χ1n) is 6.04. The van der Waals surface area contributed by atoms with E-state index in [1.807, 2.05) is 25.1 Å². The zero-order valence-electron chi connectivity index (χ0n) is 10.7. The molecule has 1 aromatic carbocycles. The lowest BCUT2D eigenvalue weighted by molar-refractivity contribution is 0.0668. The van der Waals surface area contributed by atoms with E-state index in [0.29, 0.717) is 11.4 Å². The lowest BCUT2D eigenvalue weighted by Gasteiger charge is -2.20. The molecule has 98 valence electrons. The van der Waals surface area contributed by atoms with Gasteiger partial charge in [-0.1, -0.05) is 11.6 Å². The van der Waals surface area contributed by atoms with Gasteiger partial charge in [0.2, 0.25) is 0 Å². The normalized spacial score (nSPS) is 14.9. The van der Waals surface area contributed by atoms with E-state index in [4.69, 9.17) is 17.3 Å². The molecule has 1 atom stereocenters. The molecule has 0 aliphatic heterocycles. The van der Waals surface area contributed by atoms with Gasteiger partial charge < -0.3 is 15.4 Å². The molecule has 0 spiro atoms. The van der Waals surface area contributed by atoms with Crippen LogP contribution < -0.4 is 5.73 Å². The molecular weight excluding hydrogens is 250 g/mol. The zero-order valence-corrected chi connectivity index (χ0v) is 11.4. The molecule has 0 aliphatic carbocycles. The molecule has 5 heteroatoms. The van der Waals surface area contributed by atoms with Gasteiger partial charge in [0, 0.05) is 24.5 Å². The first-order valence-corrected chi connectivity index (χ1v) is 6.42. The van der Waals surface area contributed by atoms with Crippen LogP contribution in [0.3, 0.4) is 0 Å². The van der Waals surface area contributed by atoms with Crippen LogP contribution in [-0.2, 0) is 13.0 Å². The molecule has 0 amide bonds. The number of hydrogen-bond donors (Lipinski definition) is 2. The summed E-state index contributed by atoms with van der Waals surface area (Å²) in [5.74, 6) is 0.838. The van der Waals surface area contributed by atoms with Crippen LogP contribution in [0.1, 0.15) is 19.7 Å². The molecule has 0 fully saturated rings. The van der Waals surface area contributed by atoms with Gasteiger partial charge in [-0.05, 0) is 32.0 Å². The molecule has 0 saturated carbocycles. The summed E-state index contributed by atoms with van der Waals surface area (Å²) in [5.41, 5.74) is 6.51. The number of hydrogen-bond acceptors (Lipinski definition) is 3. The highest BCUT2D eigenvalue weighted by Gasteiger charge is 2.22. The number of imidazole rings is 1. The molecule has 2 aromatic rings. The quantitative estimate of drug-likeness (QED) is 0.890. The summed E-state index contributed by atoms with van der Waals surface area (Å²) >= 11 is 6.01. The Kier molecular flexibility index (Phi) is 3.61. The van der Waals surface area contributed by atoms with Crippen molar-refractivity contribution in [3.05, 3.63) is 29.0 Å². The summed E-state index contributed by atoms with van der Waals surface area (Å²) in [6, 6.07) is 5.61. The number of halogens is 1. The van der Waals surface area contributed by atoms with Crippen LogP contribution in [0.2, 0.25) is 5.02 Å². The third kappa shape index (κ3) is 2.51. The van der Waals surface area contributed by atoms with Crippen LogP contribution in [0.15, 0.2) is 18.2 Å². The van der Waals surface area contributed by atoms with Crippen molar-refractivity contribution in [2.75, 3.05) is 6.54 Å². The monoisotopic (exact) mass is 267 g/mol. The van der Waals surface area contributed by atoms with Gasteiger partial charge in [0.25, 0.3) is 0 Å². The Morgan fingerprint density at radius 2 is 2.22 bits per heavy atom. The van der Waals surface area contributed by atoms with E-state index < -0.39 is 5.60 Å². The minimum atomic E-state index is -0.932. The Morgan fingerprint density at radius 1 is 1.50 bits per heavy atom. The number of benzene rings is 1. The van der Waals surface area contributed by atoms with E-state index >= 15 is 0 Å². The molecule has 2 rings (SSSR count). The van der Waals surface area contributed by atoms with Crippen molar-refractivity contribution in [2.24, 2.45) is 5.73 Å². The van der Waals surface area contributed by atoms with Crippen molar-refractivity contribution in [1.82, 2.24) is 9.55 Å². The van der Waals surface area contributed by atoms with Crippen LogP contribution in [0, 0.1) is 0 Å². The fourth-order valence-corrected chi connectivity index (χ4v) is 2.21. The predicted molar refractivity (Wildman–Crippen MR) is 73.8 cm³/mol. The second kappa shape index (κ2) is 4.88. The van der Waals surface area contributed by atoms with Crippen molar-refractivity contribution in [2.45, 2.75) is 32.4 Å². The smallest absolute Gasteiger partial charge is 0.112 e. The summed E-state index contributed by atoms with van der Waals surface area (Å²) in [4.78, 5) is 4.55. The van der Waals surface area contributed by atoms with Gasteiger partial charge in [0.05, 0.1) is 16.6 Å². The van der Waals surface area contributed by atoms with Crippen molar-refractivity contribution < 1.29 is 5.11 Å². The predicted octanol–water partition coefficient (Wildman–Crippen LogP) is 1.96. The molecule has 1 unspecified atom stereocenters. The van der Waals surface area contributed by atoms with Crippen molar-refractivity contribution >= 4 is 22.6 Å². The maximum absolute atomic E-state index is 10.1. The fraction of sp³-hybridized carbons (Fsp3) is 0.462. The lowest BCUT2D eigenvalue weighted by atomic mass is 10.0. The van der Waals surface area contributed by atoms with Gasteiger partial charge in [-0.25, -0.2) is 4.98 Å². The molecule has 3 N–H and O–H groups in total. The third-order valence-electron chi connectivity index (χ3n) is 3.08. The van der Waals surface area contributed by atoms with Crippen molar-refractivity contribution in [3.8, 4) is 0 Å². The van der Waals surface area contributed by atoms with Crippen LogP contribution >= 0.6 is 11.6 Å². The Morgan fingerprint density at radius 3 is 2.83 bits per heavy atom. The zero-order chi connectivity index (χ0) is 13.3. The highest BCUT2D eigenvalue weighted by atomic mass is 35.5. The van der Waals surface area contributed by atoms with Gasteiger partial charge in [-0.2, -0.15) is 0 Å². The topological polar surface area (TPSA) is 64.1 Å². The number of aliphatic hydroxyl groups is 1. The molecule has 1 aromatic heterocycles. The van der Waals surface area contributed by atoms with E-state index in [9.17, 15) is 5.11 Å². The van der Waals surface area contributed by atoms with Gasteiger partial charge in [0.1, 0.15) is 5.82 Å². The first-order chi connectivity index (χ1) is 8.46. The number of fused-ring (bicyclic) bond motifs is 1. The third-order valence-corrected chi connectivity index (χ3v) is 3.32. The molecule has 18 heavy (non-hydrogen) atoms. The van der Waals surface area contributed by atoms with Crippen molar-refractivity contribution in [1.29, 1.82) is 0 Å². The van der Waals surface area contributed by atoms with E-state index in [2.05, 4.69) is 9.55 Å². The Labute approximate surface area is 111 Å². The van der Waals surface area contributed by atoms with Crippen LogP contribution in [0.25, 0.3) is 11.0 Å². The van der Waals surface area contributed by atoms with Gasteiger partial charge >= 0.3 is 0 Å². The van der Waals surface area contributed by atoms with Crippen LogP contribution in [0.5, 0.6) is 0 Å². The standard InChI is InChI=1S/C13H18ClN3O/c1-3-17-11-6-9(14)4-5-10(11)16-12(17)7-13(2,18)8-15/h4-6,18H,3,7-8,15H2,1-2H3. The summed E-state index contributed by atoms with van der Waals surface area (Å²) in [6.45, 7) is 4.76. The second-order valence-corrected chi connectivity index (χ2v) is 5.22. The minimum absolute atomic E-state index is 0.209. The summed E-state index contributed by atoms with van der Waals surface area (Å²) in [6.07, 6.45) is 0.434. The highest BCUT2D eigenvalue weighted by Crippen LogP contribution is 2.22.